The molecule has 2 fully saturated rings. The summed E-state index contributed by atoms with van der Waals surface area (Å²) in [7, 11) is 0. The largest absolute Gasteiger partial charge is 0.480 e. The molecule has 1 atom stereocenters. The number of likely N-dealkylation sites (tertiary alicyclic amines) is 1. The van der Waals surface area contributed by atoms with Crippen molar-refractivity contribution in [3.63, 3.8) is 0 Å². The number of carbonyl (C=O) groups excluding carboxylic acids is 2. The number of carbonyl (C=O) groups is 3. The van der Waals surface area contributed by atoms with Crippen molar-refractivity contribution in [2.45, 2.75) is 31.7 Å². The Morgan fingerprint density at radius 2 is 2.10 bits per heavy atom. The van der Waals surface area contributed by atoms with Gasteiger partial charge in [-0.1, -0.05) is 0 Å². The molecule has 1 aliphatic carbocycles. The molecule has 2 aliphatic rings. The highest BCUT2D eigenvalue weighted by Gasteiger charge is 2.35. The van der Waals surface area contributed by atoms with Gasteiger partial charge in [-0.15, -0.1) is 11.3 Å². The second kappa shape index (κ2) is 5.44. The Morgan fingerprint density at radius 1 is 1.33 bits per heavy atom. The molecule has 2 heterocycles. The Balaban J connectivity index is 1.68. The average molecular weight is 309 g/mol. The zero-order valence-corrected chi connectivity index (χ0v) is 12.1. The number of thiazole rings is 1. The summed E-state index contributed by atoms with van der Waals surface area (Å²) in [6, 6.07) is -0.774. The van der Waals surface area contributed by atoms with Gasteiger partial charge in [0.15, 0.2) is 5.13 Å². The highest BCUT2D eigenvalue weighted by Crippen LogP contribution is 2.31. The van der Waals surface area contributed by atoms with E-state index in [0.29, 0.717) is 24.5 Å². The van der Waals surface area contributed by atoms with Crippen molar-refractivity contribution in [1.29, 1.82) is 0 Å². The van der Waals surface area contributed by atoms with E-state index in [9.17, 15) is 14.4 Å². The lowest BCUT2D eigenvalue weighted by atomic mass is 10.2. The van der Waals surface area contributed by atoms with Crippen LogP contribution in [0.4, 0.5) is 5.13 Å². The van der Waals surface area contributed by atoms with Crippen LogP contribution in [-0.2, 0) is 9.59 Å². The van der Waals surface area contributed by atoms with Crippen LogP contribution in [0.25, 0.3) is 0 Å². The Hall–Kier alpha value is -1.96. The minimum absolute atomic E-state index is 0.0621. The second-order valence-corrected chi connectivity index (χ2v) is 6.15. The standard InChI is InChI=1S/C13H15N3O4S/c17-10(7-3-4-7)15-13-14-8(6-21-13)11(18)16-5-1-2-9(16)12(19)20/h6-7,9H,1-5H2,(H,19,20)(H,14,15,17). The van der Waals surface area contributed by atoms with Crippen molar-refractivity contribution in [2.24, 2.45) is 5.92 Å². The molecule has 21 heavy (non-hydrogen) atoms. The van der Waals surface area contributed by atoms with E-state index < -0.39 is 12.0 Å². The smallest absolute Gasteiger partial charge is 0.326 e. The third-order valence-corrected chi connectivity index (χ3v) is 4.46. The topological polar surface area (TPSA) is 99.6 Å². The average Bonchev–Trinajstić information content (AvgIpc) is 3.00. The van der Waals surface area contributed by atoms with Crippen molar-refractivity contribution in [3.05, 3.63) is 11.1 Å². The summed E-state index contributed by atoms with van der Waals surface area (Å²) < 4.78 is 0. The number of rotatable bonds is 4. The van der Waals surface area contributed by atoms with Gasteiger partial charge < -0.3 is 15.3 Å². The van der Waals surface area contributed by atoms with Crippen molar-refractivity contribution < 1.29 is 19.5 Å². The first-order valence-electron chi connectivity index (χ1n) is 6.86. The van der Waals surface area contributed by atoms with Crippen molar-refractivity contribution in [3.8, 4) is 0 Å². The van der Waals surface area contributed by atoms with Gasteiger partial charge in [0.2, 0.25) is 5.91 Å². The number of nitrogens with one attached hydrogen (secondary N) is 1. The van der Waals surface area contributed by atoms with E-state index in [1.54, 1.807) is 5.38 Å². The molecule has 1 saturated heterocycles. The highest BCUT2D eigenvalue weighted by molar-refractivity contribution is 7.14. The number of amides is 2. The maximum absolute atomic E-state index is 12.3. The van der Waals surface area contributed by atoms with Crippen molar-refractivity contribution in [1.82, 2.24) is 9.88 Å². The number of carboxylic acids is 1. The minimum atomic E-state index is -0.988. The maximum Gasteiger partial charge on any atom is 0.326 e. The Labute approximate surface area is 125 Å². The van der Waals surface area contributed by atoms with Gasteiger partial charge in [0.25, 0.3) is 5.91 Å². The zero-order valence-electron chi connectivity index (χ0n) is 11.2. The van der Waals surface area contributed by atoms with Crippen LogP contribution in [0, 0.1) is 5.92 Å². The predicted molar refractivity (Wildman–Crippen MR) is 75.2 cm³/mol. The molecule has 0 aromatic carbocycles. The van der Waals surface area contributed by atoms with E-state index in [4.69, 9.17) is 5.11 Å². The van der Waals surface area contributed by atoms with Gasteiger partial charge in [0.1, 0.15) is 11.7 Å². The molecule has 0 radical (unpaired) electrons. The molecular weight excluding hydrogens is 294 g/mol. The molecule has 7 nitrogen and oxygen atoms in total. The number of aliphatic carboxylic acids is 1. The Morgan fingerprint density at radius 3 is 2.76 bits per heavy atom. The minimum Gasteiger partial charge on any atom is -0.480 e. The number of anilines is 1. The third kappa shape index (κ3) is 2.90. The van der Waals surface area contributed by atoms with Gasteiger partial charge >= 0.3 is 5.97 Å². The predicted octanol–water partition coefficient (Wildman–Crippen LogP) is 1.18. The van der Waals surface area contributed by atoms with Gasteiger partial charge in [-0.25, -0.2) is 9.78 Å². The molecule has 0 spiro atoms. The Kier molecular flexibility index (Phi) is 3.62. The number of carboxylic acid groups (broad SMARTS) is 1. The molecule has 1 unspecified atom stereocenters. The molecular formula is C13H15N3O4S. The fourth-order valence-corrected chi connectivity index (χ4v) is 3.08. The van der Waals surface area contributed by atoms with Gasteiger partial charge in [0.05, 0.1) is 0 Å². The van der Waals surface area contributed by atoms with Gasteiger partial charge in [-0.05, 0) is 25.7 Å². The lowest BCUT2D eigenvalue weighted by Crippen LogP contribution is -2.40. The molecule has 1 aliphatic heterocycles. The molecule has 1 aromatic heterocycles. The van der Waals surface area contributed by atoms with E-state index in [2.05, 4.69) is 10.3 Å². The zero-order chi connectivity index (χ0) is 15.0. The number of hydrogen-bond acceptors (Lipinski definition) is 5. The quantitative estimate of drug-likeness (QED) is 0.870. The molecule has 2 N–H and O–H groups in total. The number of hydrogen-bond donors (Lipinski definition) is 2. The van der Waals surface area contributed by atoms with Crippen molar-refractivity contribution in [2.75, 3.05) is 11.9 Å². The summed E-state index contributed by atoms with van der Waals surface area (Å²) in [6.45, 7) is 0.428. The van der Waals surface area contributed by atoms with Gasteiger partial charge in [-0.3, -0.25) is 9.59 Å². The second-order valence-electron chi connectivity index (χ2n) is 5.30. The molecule has 3 rings (SSSR count). The third-order valence-electron chi connectivity index (χ3n) is 3.70. The summed E-state index contributed by atoms with van der Waals surface area (Å²) >= 11 is 1.18. The molecule has 112 valence electrons. The molecule has 0 bridgehead atoms. The van der Waals surface area contributed by atoms with Crippen LogP contribution in [0.2, 0.25) is 0 Å². The van der Waals surface area contributed by atoms with Crippen LogP contribution in [-0.4, -0.2) is 45.4 Å². The molecule has 1 aromatic rings. The lowest BCUT2D eigenvalue weighted by Gasteiger charge is -2.20. The van der Waals surface area contributed by atoms with Crippen LogP contribution in [0.5, 0.6) is 0 Å². The van der Waals surface area contributed by atoms with E-state index in [1.807, 2.05) is 0 Å². The normalized spacial score (nSPS) is 21.3. The molecule has 1 saturated carbocycles. The van der Waals surface area contributed by atoms with E-state index in [1.165, 1.54) is 16.2 Å². The SMILES string of the molecule is O=C(Nc1nc(C(=O)N2CCCC2C(=O)O)cs1)C1CC1. The van der Waals surface area contributed by atoms with Crippen LogP contribution in [0.15, 0.2) is 5.38 Å². The molecule has 2 amide bonds. The lowest BCUT2D eigenvalue weighted by molar-refractivity contribution is -0.141. The fourth-order valence-electron chi connectivity index (χ4n) is 2.40. The highest BCUT2D eigenvalue weighted by atomic mass is 32.1. The number of aromatic nitrogens is 1. The summed E-state index contributed by atoms with van der Waals surface area (Å²) in [5, 5.41) is 13.7. The first-order valence-corrected chi connectivity index (χ1v) is 7.74. The first kappa shape index (κ1) is 14.0. The summed E-state index contributed by atoms with van der Waals surface area (Å²) in [5.74, 6) is -1.36. The first-order chi connectivity index (χ1) is 10.1. The van der Waals surface area contributed by atoms with Crippen LogP contribution >= 0.6 is 11.3 Å². The van der Waals surface area contributed by atoms with E-state index in [0.717, 1.165) is 12.8 Å². The summed E-state index contributed by atoms with van der Waals surface area (Å²) in [4.78, 5) is 40.5. The van der Waals surface area contributed by atoms with Crippen LogP contribution < -0.4 is 5.32 Å². The van der Waals surface area contributed by atoms with Gasteiger partial charge in [0, 0.05) is 17.8 Å². The summed E-state index contributed by atoms with van der Waals surface area (Å²) in [6.07, 6.45) is 2.95. The molecule has 8 heteroatoms. The van der Waals surface area contributed by atoms with Gasteiger partial charge in [-0.2, -0.15) is 0 Å². The Bertz CT molecular complexity index is 596. The van der Waals surface area contributed by atoms with Crippen LogP contribution in [0.1, 0.15) is 36.2 Å². The summed E-state index contributed by atoms with van der Waals surface area (Å²) in [5.41, 5.74) is 0.194. The fraction of sp³-hybridized carbons (Fsp3) is 0.538. The van der Waals surface area contributed by atoms with Crippen molar-refractivity contribution >= 4 is 34.3 Å². The van der Waals surface area contributed by atoms with Crippen LogP contribution in [0.3, 0.4) is 0 Å². The number of nitrogens with zero attached hydrogens (tertiary/aromatic N) is 2. The maximum atomic E-state index is 12.3. The van der Waals surface area contributed by atoms with E-state index >= 15 is 0 Å². The monoisotopic (exact) mass is 309 g/mol. The van der Waals surface area contributed by atoms with E-state index in [-0.39, 0.29) is 23.4 Å².